The predicted octanol–water partition coefficient (Wildman–Crippen LogP) is 2.97. The lowest BCUT2D eigenvalue weighted by molar-refractivity contribution is -0.0619. The first-order valence-electron chi connectivity index (χ1n) is 11.0. The molecule has 31 heavy (non-hydrogen) atoms. The van der Waals surface area contributed by atoms with Crippen molar-refractivity contribution < 1.29 is 9.53 Å². The van der Waals surface area contributed by atoms with Crippen molar-refractivity contribution in [2.24, 2.45) is 11.8 Å². The largest absolute Gasteiger partial charge is 0.384 e. The minimum absolute atomic E-state index is 0.0301. The molecule has 2 aliphatic rings. The van der Waals surface area contributed by atoms with Gasteiger partial charge in [0.2, 0.25) is 0 Å². The normalized spacial score (nSPS) is 26.1. The number of morpholine rings is 1. The van der Waals surface area contributed by atoms with Gasteiger partial charge in [-0.2, -0.15) is 0 Å². The number of hydrogen-bond acceptors (Lipinski definition) is 5. The molecule has 0 spiro atoms. The predicted molar refractivity (Wildman–Crippen MR) is 121 cm³/mol. The van der Waals surface area contributed by atoms with E-state index in [2.05, 4.69) is 27.1 Å². The van der Waals surface area contributed by atoms with Crippen LogP contribution in [0, 0.1) is 11.8 Å². The number of nitrogens with two attached hydrogens (primary N) is 1. The van der Waals surface area contributed by atoms with Crippen LogP contribution in [-0.2, 0) is 4.74 Å². The zero-order valence-electron chi connectivity index (χ0n) is 17.8. The third-order valence-electron chi connectivity index (χ3n) is 6.58. The molecule has 1 amide bonds. The quantitative estimate of drug-likeness (QED) is 0.571. The van der Waals surface area contributed by atoms with E-state index in [0.717, 1.165) is 42.5 Å². The molecule has 4 N–H and O–H groups in total. The monoisotopic (exact) mass is 419 g/mol. The molecule has 2 unspecified atom stereocenters. The number of ether oxygens (including phenoxy) is 1. The van der Waals surface area contributed by atoms with Crippen molar-refractivity contribution in [3.63, 3.8) is 0 Å². The Labute approximate surface area is 182 Å². The van der Waals surface area contributed by atoms with E-state index in [9.17, 15) is 4.79 Å². The Balaban J connectivity index is 1.12. The number of H-pyrrole nitrogens is 1. The van der Waals surface area contributed by atoms with Gasteiger partial charge in [-0.05, 0) is 43.4 Å². The highest BCUT2D eigenvalue weighted by Crippen LogP contribution is 2.40. The first-order valence-corrected chi connectivity index (χ1v) is 11.0. The number of aromatic amines is 1. The number of hydrogen-bond donors (Lipinski definition) is 3. The Kier molecular flexibility index (Phi) is 5.38. The van der Waals surface area contributed by atoms with E-state index in [4.69, 9.17) is 10.5 Å². The number of nitrogen functional groups attached to an aromatic ring is 1. The van der Waals surface area contributed by atoms with Gasteiger partial charge in [-0.15, -0.1) is 0 Å². The average molecular weight is 420 g/mol. The Morgan fingerprint density at radius 3 is 2.97 bits per heavy atom. The number of amides is 1. The highest BCUT2D eigenvalue weighted by Gasteiger charge is 2.40. The van der Waals surface area contributed by atoms with E-state index in [1.165, 1.54) is 0 Å². The maximum absolute atomic E-state index is 12.5. The number of aromatic nitrogens is 2. The molecule has 0 bridgehead atoms. The highest BCUT2D eigenvalue weighted by atomic mass is 16.5. The lowest BCUT2D eigenvalue weighted by Gasteiger charge is -2.38. The number of carbonyl (C=O) groups is 1. The Hall–Kier alpha value is -2.90. The Morgan fingerprint density at radius 2 is 2.16 bits per heavy atom. The van der Waals surface area contributed by atoms with Crippen LogP contribution in [0.1, 0.15) is 35.5 Å². The zero-order chi connectivity index (χ0) is 21.4. The SMILES string of the molecule is C[C@H]1CO[C@H](c2ccc(N)nc2)CN1CC1CC1CNC(=O)c1cc2ccccc2[nH]1. The number of pyridine rings is 1. The van der Waals surface area contributed by atoms with Crippen LogP contribution in [0.5, 0.6) is 0 Å². The van der Waals surface area contributed by atoms with Crippen molar-refractivity contribution in [2.75, 3.05) is 32.0 Å². The van der Waals surface area contributed by atoms with Crippen molar-refractivity contribution >= 4 is 22.6 Å². The second-order valence-electron chi connectivity index (χ2n) is 8.88. The zero-order valence-corrected chi connectivity index (χ0v) is 17.8. The van der Waals surface area contributed by atoms with Crippen molar-refractivity contribution in [3.8, 4) is 0 Å². The molecule has 1 saturated heterocycles. The first-order chi connectivity index (χ1) is 15.1. The van der Waals surface area contributed by atoms with E-state index in [1.54, 1.807) is 0 Å². The van der Waals surface area contributed by atoms with Crippen molar-refractivity contribution in [1.82, 2.24) is 20.2 Å². The smallest absolute Gasteiger partial charge is 0.267 e. The van der Waals surface area contributed by atoms with E-state index < -0.39 is 0 Å². The molecular weight excluding hydrogens is 390 g/mol. The summed E-state index contributed by atoms with van der Waals surface area (Å²) in [4.78, 5) is 22.4. The molecule has 7 heteroatoms. The standard InChI is InChI=1S/C24H29N5O2/c1-15-14-31-22(17-6-7-23(25)26-10-17)13-29(15)12-19-8-18(19)11-27-24(30)21-9-16-4-2-3-5-20(16)28-21/h2-7,9-10,15,18-19,22,28H,8,11-14H2,1H3,(H2,25,26)(H,27,30)/t15-,18?,19?,22-/m0/s1. The number of fused-ring (bicyclic) bond motifs is 1. The third kappa shape index (κ3) is 4.43. The molecule has 2 aromatic heterocycles. The van der Waals surface area contributed by atoms with Gasteiger partial charge in [-0.25, -0.2) is 4.98 Å². The first kappa shape index (κ1) is 20.0. The van der Waals surface area contributed by atoms with Gasteiger partial charge in [-0.3, -0.25) is 9.69 Å². The maximum Gasteiger partial charge on any atom is 0.267 e. The van der Waals surface area contributed by atoms with Crippen LogP contribution in [0.25, 0.3) is 10.9 Å². The van der Waals surface area contributed by atoms with E-state index in [-0.39, 0.29) is 12.0 Å². The van der Waals surface area contributed by atoms with Crippen LogP contribution < -0.4 is 11.1 Å². The summed E-state index contributed by atoms with van der Waals surface area (Å²) >= 11 is 0. The van der Waals surface area contributed by atoms with Gasteiger partial charge in [0.05, 0.1) is 12.7 Å². The minimum Gasteiger partial charge on any atom is -0.384 e. The topological polar surface area (TPSA) is 96.3 Å². The lowest BCUT2D eigenvalue weighted by atomic mass is 10.1. The number of nitrogens with one attached hydrogen (secondary N) is 2. The molecule has 1 saturated carbocycles. The van der Waals surface area contributed by atoms with E-state index in [0.29, 0.717) is 36.0 Å². The molecule has 1 aromatic carbocycles. The summed E-state index contributed by atoms with van der Waals surface area (Å²) in [6.07, 6.45) is 3.00. The molecule has 1 aliphatic heterocycles. The minimum atomic E-state index is -0.0301. The van der Waals surface area contributed by atoms with Crippen LogP contribution >= 0.6 is 0 Å². The number of nitrogens with zero attached hydrogens (tertiary/aromatic N) is 2. The van der Waals surface area contributed by atoms with Crippen molar-refractivity contribution in [3.05, 3.63) is 59.9 Å². The summed E-state index contributed by atoms with van der Waals surface area (Å²) in [6.45, 7) is 5.55. The van der Waals surface area contributed by atoms with Gasteiger partial charge in [0.1, 0.15) is 11.5 Å². The van der Waals surface area contributed by atoms with E-state index in [1.807, 2.05) is 48.7 Å². The number of para-hydroxylation sites is 1. The summed E-state index contributed by atoms with van der Waals surface area (Å²) in [5.74, 6) is 1.66. The average Bonchev–Trinajstić information content (AvgIpc) is 3.37. The fourth-order valence-corrected chi connectivity index (χ4v) is 4.47. The molecule has 5 rings (SSSR count). The summed E-state index contributed by atoms with van der Waals surface area (Å²) in [6, 6.07) is 14.1. The van der Waals surface area contributed by atoms with Gasteiger partial charge >= 0.3 is 0 Å². The molecule has 162 valence electrons. The van der Waals surface area contributed by atoms with Crippen LogP contribution in [-0.4, -0.2) is 53.1 Å². The van der Waals surface area contributed by atoms with E-state index >= 15 is 0 Å². The summed E-state index contributed by atoms with van der Waals surface area (Å²) in [7, 11) is 0. The molecule has 0 radical (unpaired) electrons. The number of rotatable bonds is 6. The van der Waals surface area contributed by atoms with Gasteiger partial charge in [-0.1, -0.05) is 24.3 Å². The summed E-state index contributed by atoms with van der Waals surface area (Å²) < 4.78 is 6.05. The van der Waals surface area contributed by atoms with Gasteiger partial charge in [0, 0.05) is 48.3 Å². The van der Waals surface area contributed by atoms with Crippen molar-refractivity contribution in [2.45, 2.75) is 25.5 Å². The lowest BCUT2D eigenvalue weighted by Crippen LogP contribution is -2.46. The number of carbonyl (C=O) groups excluding carboxylic acids is 1. The maximum atomic E-state index is 12.5. The van der Waals surface area contributed by atoms with Crippen LogP contribution in [0.4, 0.5) is 5.82 Å². The second kappa shape index (κ2) is 8.32. The molecule has 2 fully saturated rings. The number of anilines is 1. The highest BCUT2D eigenvalue weighted by molar-refractivity contribution is 5.97. The fraction of sp³-hybridized carbons (Fsp3) is 0.417. The van der Waals surface area contributed by atoms with Crippen LogP contribution in [0.3, 0.4) is 0 Å². The fourth-order valence-electron chi connectivity index (χ4n) is 4.47. The van der Waals surface area contributed by atoms with Gasteiger partial charge < -0.3 is 20.8 Å². The van der Waals surface area contributed by atoms with Gasteiger partial charge in [0.25, 0.3) is 5.91 Å². The third-order valence-corrected chi connectivity index (χ3v) is 6.58. The molecule has 3 heterocycles. The van der Waals surface area contributed by atoms with Crippen LogP contribution in [0.2, 0.25) is 0 Å². The molecular formula is C24H29N5O2. The van der Waals surface area contributed by atoms with Crippen molar-refractivity contribution in [1.29, 1.82) is 0 Å². The molecule has 4 atom stereocenters. The number of benzene rings is 1. The summed E-state index contributed by atoms with van der Waals surface area (Å²) in [5, 5.41) is 4.17. The molecule has 7 nitrogen and oxygen atoms in total. The summed E-state index contributed by atoms with van der Waals surface area (Å²) in [5.41, 5.74) is 8.40. The molecule has 3 aromatic rings. The van der Waals surface area contributed by atoms with Gasteiger partial charge in [0.15, 0.2) is 0 Å². The van der Waals surface area contributed by atoms with Crippen LogP contribution in [0.15, 0.2) is 48.7 Å². The second-order valence-corrected chi connectivity index (χ2v) is 8.88. The molecule has 1 aliphatic carbocycles. The Bertz CT molecular complexity index is 1030. The Morgan fingerprint density at radius 1 is 1.29 bits per heavy atom.